The molecule has 2 fully saturated rings. The first kappa shape index (κ1) is 15.4. The van der Waals surface area contributed by atoms with Gasteiger partial charge in [0.15, 0.2) is 0 Å². The number of ether oxygens (including phenoxy) is 1. The van der Waals surface area contributed by atoms with Gasteiger partial charge in [-0.2, -0.15) is 9.40 Å². The van der Waals surface area contributed by atoms with Crippen molar-refractivity contribution in [1.82, 2.24) is 14.1 Å². The van der Waals surface area contributed by atoms with Crippen LogP contribution in [-0.4, -0.2) is 59.9 Å². The summed E-state index contributed by atoms with van der Waals surface area (Å²) in [5.41, 5.74) is -1.03. The van der Waals surface area contributed by atoms with Crippen molar-refractivity contribution in [3.63, 3.8) is 0 Å². The lowest BCUT2D eigenvalue weighted by Crippen LogP contribution is -2.34. The molecule has 8 nitrogen and oxygen atoms in total. The maximum absolute atomic E-state index is 12.6. The largest absolute Gasteiger partial charge is 0.481 e. The van der Waals surface area contributed by atoms with Gasteiger partial charge in [-0.1, -0.05) is 0 Å². The predicted octanol–water partition coefficient (Wildman–Crippen LogP) is 0.330. The molecule has 9 heteroatoms. The molecule has 0 amide bonds. The molecule has 3 heterocycles. The first-order valence-electron chi connectivity index (χ1n) is 7.18. The van der Waals surface area contributed by atoms with Gasteiger partial charge in [-0.15, -0.1) is 0 Å². The van der Waals surface area contributed by atoms with Crippen LogP contribution in [0.3, 0.4) is 0 Å². The lowest BCUT2D eigenvalue weighted by Gasteiger charge is -2.19. The van der Waals surface area contributed by atoms with E-state index in [1.54, 1.807) is 11.6 Å². The zero-order chi connectivity index (χ0) is 16.0. The molecule has 122 valence electrons. The third-order valence-corrected chi connectivity index (χ3v) is 6.25. The fourth-order valence-electron chi connectivity index (χ4n) is 2.83. The standard InChI is InChI=1S/C13H19N3O5S/c1-13(12(17)18)3-4-15(9-13)22(19,20)11-6-14-16(7-11)10-2-5-21-8-10/h6-7,10H,2-5,8-9H2,1H3,(H,17,18). The van der Waals surface area contributed by atoms with Crippen LogP contribution in [0.2, 0.25) is 0 Å². The molecular formula is C13H19N3O5S. The van der Waals surface area contributed by atoms with E-state index in [0.29, 0.717) is 19.6 Å². The Balaban J connectivity index is 1.80. The maximum atomic E-state index is 12.6. The van der Waals surface area contributed by atoms with E-state index in [-0.39, 0.29) is 24.0 Å². The number of aromatic nitrogens is 2. The Kier molecular flexibility index (Phi) is 3.74. The number of hydrogen-bond donors (Lipinski definition) is 1. The van der Waals surface area contributed by atoms with E-state index < -0.39 is 21.4 Å². The van der Waals surface area contributed by atoms with Crippen molar-refractivity contribution >= 4 is 16.0 Å². The quantitative estimate of drug-likeness (QED) is 0.854. The molecule has 1 aromatic heterocycles. The first-order chi connectivity index (χ1) is 10.3. The van der Waals surface area contributed by atoms with Crippen molar-refractivity contribution in [1.29, 1.82) is 0 Å². The SMILES string of the molecule is CC1(C(=O)O)CCN(S(=O)(=O)c2cnn(C3CCOC3)c2)C1. The molecule has 2 aliphatic heterocycles. The van der Waals surface area contributed by atoms with Gasteiger partial charge in [0.25, 0.3) is 0 Å². The minimum atomic E-state index is -3.71. The van der Waals surface area contributed by atoms with Crippen LogP contribution in [-0.2, 0) is 19.6 Å². The Morgan fingerprint density at radius 1 is 1.55 bits per heavy atom. The third-order valence-electron chi connectivity index (χ3n) is 4.45. The van der Waals surface area contributed by atoms with E-state index in [1.807, 2.05) is 0 Å². The van der Waals surface area contributed by atoms with Crippen LogP contribution in [0.25, 0.3) is 0 Å². The topological polar surface area (TPSA) is 102 Å². The van der Waals surface area contributed by atoms with E-state index >= 15 is 0 Å². The number of rotatable bonds is 4. The summed E-state index contributed by atoms with van der Waals surface area (Å²) in [6.07, 6.45) is 3.95. The highest BCUT2D eigenvalue weighted by atomic mass is 32.2. The van der Waals surface area contributed by atoms with Crippen LogP contribution in [0, 0.1) is 5.41 Å². The van der Waals surface area contributed by atoms with Gasteiger partial charge in [0.05, 0.1) is 24.3 Å². The zero-order valence-corrected chi connectivity index (χ0v) is 13.1. The highest BCUT2D eigenvalue weighted by molar-refractivity contribution is 7.89. The summed E-state index contributed by atoms with van der Waals surface area (Å²) in [6.45, 7) is 2.95. The van der Waals surface area contributed by atoms with Crippen molar-refractivity contribution in [3.8, 4) is 0 Å². The predicted molar refractivity (Wildman–Crippen MR) is 75.8 cm³/mol. The fraction of sp³-hybridized carbons (Fsp3) is 0.692. The molecule has 1 aromatic rings. The number of carboxylic acids is 1. The monoisotopic (exact) mass is 329 g/mol. The van der Waals surface area contributed by atoms with Crippen molar-refractivity contribution in [3.05, 3.63) is 12.4 Å². The van der Waals surface area contributed by atoms with Gasteiger partial charge in [0.1, 0.15) is 4.90 Å². The minimum absolute atomic E-state index is 0.0115. The lowest BCUT2D eigenvalue weighted by atomic mass is 9.90. The summed E-state index contributed by atoms with van der Waals surface area (Å²) >= 11 is 0. The van der Waals surface area contributed by atoms with Gasteiger partial charge < -0.3 is 9.84 Å². The number of carbonyl (C=O) groups is 1. The van der Waals surface area contributed by atoms with Crippen LogP contribution in [0.4, 0.5) is 0 Å². The summed E-state index contributed by atoms with van der Waals surface area (Å²) in [6, 6.07) is 0.0619. The van der Waals surface area contributed by atoms with E-state index in [9.17, 15) is 18.3 Å². The second kappa shape index (κ2) is 5.32. The van der Waals surface area contributed by atoms with Crippen LogP contribution >= 0.6 is 0 Å². The zero-order valence-electron chi connectivity index (χ0n) is 12.3. The molecule has 0 aromatic carbocycles. The van der Waals surface area contributed by atoms with Crippen molar-refractivity contribution in [2.45, 2.75) is 30.7 Å². The highest BCUT2D eigenvalue weighted by Crippen LogP contribution is 2.33. The van der Waals surface area contributed by atoms with E-state index in [4.69, 9.17) is 4.74 Å². The van der Waals surface area contributed by atoms with Crippen LogP contribution in [0.5, 0.6) is 0 Å². The minimum Gasteiger partial charge on any atom is -0.481 e. The molecule has 0 spiro atoms. The molecule has 2 aliphatic rings. The van der Waals surface area contributed by atoms with Crippen LogP contribution in [0.1, 0.15) is 25.8 Å². The van der Waals surface area contributed by atoms with Gasteiger partial charge in [0.2, 0.25) is 10.0 Å². The second-order valence-electron chi connectivity index (χ2n) is 6.13. The van der Waals surface area contributed by atoms with Gasteiger partial charge in [-0.05, 0) is 19.8 Å². The number of aliphatic carboxylic acids is 1. The Morgan fingerprint density at radius 2 is 2.32 bits per heavy atom. The Labute approximate surface area is 128 Å². The normalized spacial score (nSPS) is 30.0. The molecule has 0 saturated carbocycles. The Morgan fingerprint density at radius 3 is 2.91 bits per heavy atom. The average molecular weight is 329 g/mol. The maximum Gasteiger partial charge on any atom is 0.310 e. The molecule has 3 rings (SSSR count). The summed E-state index contributed by atoms with van der Waals surface area (Å²) < 4.78 is 33.4. The van der Waals surface area contributed by atoms with Gasteiger partial charge in [-0.25, -0.2) is 8.42 Å². The molecule has 2 unspecified atom stereocenters. The van der Waals surface area contributed by atoms with Gasteiger partial charge >= 0.3 is 5.97 Å². The summed E-state index contributed by atoms with van der Waals surface area (Å²) in [5.74, 6) is -0.969. The first-order valence-corrected chi connectivity index (χ1v) is 8.62. The molecule has 1 N–H and O–H groups in total. The van der Waals surface area contributed by atoms with Gasteiger partial charge in [0, 0.05) is 25.9 Å². The molecule has 2 atom stereocenters. The molecule has 0 radical (unpaired) electrons. The highest BCUT2D eigenvalue weighted by Gasteiger charge is 2.45. The fourth-order valence-corrected chi connectivity index (χ4v) is 4.34. The summed E-state index contributed by atoms with van der Waals surface area (Å²) in [7, 11) is -3.71. The van der Waals surface area contributed by atoms with Crippen molar-refractivity contribution < 1.29 is 23.1 Å². The number of sulfonamides is 1. The third kappa shape index (κ3) is 2.53. The van der Waals surface area contributed by atoms with Crippen LogP contribution < -0.4 is 0 Å². The molecular weight excluding hydrogens is 310 g/mol. The molecule has 0 bridgehead atoms. The van der Waals surface area contributed by atoms with E-state index in [0.717, 1.165) is 6.42 Å². The summed E-state index contributed by atoms with van der Waals surface area (Å²) in [5, 5.41) is 13.3. The van der Waals surface area contributed by atoms with E-state index in [1.165, 1.54) is 16.7 Å². The van der Waals surface area contributed by atoms with E-state index in [2.05, 4.69) is 5.10 Å². The average Bonchev–Trinajstić information content (AvgIpc) is 3.19. The Hall–Kier alpha value is -1.45. The van der Waals surface area contributed by atoms with Crippen molar-refractivity contribution in [2.75, 3.05) is 26.3 Å². The van der Waals surface area contributed by atoms with Crippen LogP contribution in [0.15, 0.2) is 17.3 Å². The molecule has 2 saturated heterocycles. The lowest BCUT2D eigenvalue weighted by molar-refractivity contribution is -0.146. The number of carboxylic acid groups (broad SMARTS) is 1. The summed E-state index contributed by atoms with van der Waals surface area (Å²) in [4.78, 5) is 11.4. The molecule has 0 aliphatic carbocycles. The van der Waals surface area contributed by atoms with Crippen molar-refractivity contribution in [2.24, 2.45) is 5.41 Å². The molecule has 22 heavy (non-hydrogen) atoms. The van der Waals surface area contributed by atoms with Gasteiger partial charge in [-0.3, -0.25) is 9.48 Å². The second-order valence-corrected chi connectivity index (χ2v) is 8.07. The number of hydrogen-bond acceptors (Lipinski definition) is 5. The number of nitrogens with zero attached hydrogens (tertiary/aromatic N) is 3. The smallest absolute Gasteiger partial charge is 0.310 e. The Bertz CT molecular complexity index is 680.